The van der Waals surface area contributed by atoms with Gasteiger partial charge in [-0.2, -0.15) is 0 Å². The maximum Gasteiger partial charge on any atom is 0.330 e. The van der Waals surface area contributed by atoms with Crippen LogP contribution in [0.3, 0.4) is 0 Å². The number of nitrogens with two attached hydrogens (primary N) is 1. The second kappa shape index (κ2) is 9.29. The van der Waals surface area contributed by atoms with Crippen molar-refractivity contribution in [2.45, 2.75) is 19.4 Å². The molecule has 1 amide bonds. The summed E-state index contributed by atoms with van der Waals surface area (Å²) < 4.78 is 19.9. The molecule has 1 aromatic heterocycles. The van der Waals surface area contributed by atoms with Crippen LogP contribution in [0.15, 0.2) is 58.1 Å². The number of amides is 1. The molecular weight excluding hydrogens is 403 g/mol. The van der Waals surface area contributed by atoms with Crippen LogP contribution in [-0.2, 0) is 17.8 Å². The number of rotatable bonds is 7. The minimum absolute atomic E-state index is 0.0129. The summed E-state index contributed by atoms with van der Waals surface area (Å²) in [7, 11) is 2.78. The van der Waals surface area contributed by atoms with Gasteiger partial charge in [0, 0.05) is 13.5 Å². The Balaban J connectivity index is 1.81. The summed E-state index contributed by atoms with van der Waals surface area (Å²) in [5.74, 6) is -0.913. The third-order valence-electron chi connectivity index (χ3n) is 4.95. The highest BCUT2D eigenvalue weighted by Gasteiger charge is 2.21. The second-order valence-electron chi connectivity index (χ2n) is 6.99. The number of aromatic nitrogens is 2. The molecule has 1 heterocycles. The molecule has 0 aliphatic heterocycles. The van der Waals surface area contributed by atoms with Gasteiger partial charge in [-0.1, -0.05) is 36.4 Å². The SMILES string of the molecule is COc1ccc(CCC(=O)N(C)c2c(N)n(Cc3ccccc3)c(=O)[nH]c2=O)cc1F. The van der Waals surface area contributed by atoms with Crippen molar-refractivity contribution in [1.29, 1.82) is 0 Å². The molecule has 0 bridgehead atoms. The number of anilines is 2. The van der Waals surface area contributed by atoms with Gasteiger partial charge in [0.25, 0.3) is 5.56 Å². The predicted molar refractivity (Wildman–Crippen MR) is 116 cm³/mol. The average Bonchev–Trinajstić information content (AvgIpc) is 2.75. The van der Waals surface area contributed by atoms with Crippen LogP contribution in [-0.4, -0.2) is 29.6 Å². The Hall–Kier alpha value is -3.88. The summed E-state index contributed by atoms with van der Waals surface area (Å²) in [5.41, 5.74) is 6.01. The quantitative estimate of drug-likeness (QED) is 0.600. The lowest BCUT2D eigenvalue weighted by Crippen LogP contribution is -2.39. The molecule has 0 atom stereocenters. The Bertz CT molecular complexity index is 1200. The summed E-state index contributed by atoms with van der Waals surface area (Å²) in [5, 5.41) is 0. The fourth-order valence-electron chi connectivity index (χ4n) is 3.23. The fourth-order valence-corrected chi connectivity index (χ4v) is 3.23. The Labute approximate surface area is 177 Å². The Kier molecular flexibility index (Phi) is 6.54. The minimum Gasteiger partial charge on any atom is -0.494 e. The fraction of sp³-hybridized carbons (Fsp3) is 0.227. The van der Waals surface area contributed by atoms with Crippen molar-refractivity contribution in [2.75, 3.05) is 24.8 Å². The highest BCUT2D eigenvalue weighted by molar-refractivity contribution is 5.95. The molecule has 0 aliphatic rings. The van der Waals surface area contributed by atoms with Gasteiger partial charge < -0.3 is 15.4 Å². The maximum atomic E-state index is 13.9. The van der Waals surface area contributed by atoms with Gasteiger partial charge in [-0.25, -0.2) is 9.18 Å². The molecule has 3 rings (SSSR count). The molecule has 0 radical (unpaired) electrons. The number of hydrogen-bond donors (Lipinski definition) is 2. The minimum atomic E-state index is -0.752. The largest absolute Gasteiger partial charge is 0.494 e. The van der Waals surface area contributed by atoms with Gasteiger partial charge in [0.15, 0.2) is 17.3 Å². The van der Waals surface area contributed by atoms with E-state index in [1.54, 1.807) is 6.07 Å². The summed E-state index contributed by atoms with van der Waals surface area (Å²) in [6.45, 7) is 0.141. The van der Waals surface area contributed by atoms with E-state index in [9.17, 15) is 18.8 Å². The van der Waals surface area contributed by atoms with Gasteiger partial charge in [-0.15, -0.1) is 0 Å². The maximum absolute atomic E-state index is 13.9. The standard InChI is InChI=1S/C22H23FN4O4/c1-26(18(28)11-9-14-8-10-17(31-2)16(23)12-14)19-20(24)27(22(30)25-21(19)29)13-15-6-4-3-5-7-15/h3-8,10,12H,9,11,13,24H2,1-2H3,(H,25,29,30). The number of methoxy groups -OCH3 is 1. The molecule has 3 aromatic rings. The van der Waals surface area contributed by atoms with E-state index in [4.69, 9.17) is 10.5 Å². The zero-order valence-electron chi connectivity index (χ0n) is 17.2. The Morgan fingerprint density at radius 2 is 1.87 bits per heavy atom. The molecular formula is C22H23FN4O4. The first-order valence-corrected chi connectivity index (χ1v) is 9.57. The number of aromatic amines is 1. The van der Waals surface area contributed by atoms with E-state index < -0.39 is 23.0 Å². The summed E-state index contributed by atoms with van der Waals surface area (Å²) >= 11 is 0. The summed E-state index contributed by atoms with van der Waals surface area (Å²) in [4.78, 5) is 40.7. The lowest BCUT2D eigenvalue weighted by Gasteiger charge is -2.20. The number of carbonyl (C=O) groups excluding carboxylic acids is 1. The monoisotopic (exact) mass is 426 g/mol. The van der Waals surface area contributed by atoms with Crippen LogP contribution in [0.4, 0.5) is 15.9 Å². The average molecular weight is 426 g/mol. The van der Waals surface area contributed by atoms with Gasteiger partial charge in [0.1, 0.15) is 5.82 Å². The Morgan fingerprint density at radius 3 is 2.52 bits per heavy atom. The third kappa shape index (κ3) is 4.82. The number of H-pyrrole nitrogens is 1. The van der Waals surface area contributed by atoms with Crippen LogP contribution >= 0.6 is 0 Å². The van der Waals surface area contributed by atoms with E-state index in [1.807, 2.05) is 30.3 Å². The molecule has 0 unspecified atom stereocenters. The van der Waals surface area contributed by atoms with Crippen molar-refractivity contribution in [3.8, 4) is 5.75 Å². The lowest BCUT2D eigenvalue weighted by atomic mass is 10.1. The number of hydrogen-bond acceptors (Lipinski definition) is 5. The number of aryl methyl sites for hydroxylation is 1. The van der Waals surface area contributed by atoms with Gasteiger partial charge in [0.2, 0.25) is 5.91 Å². The first-order chi connectivity index (χ1) is 14.8. The van der Waals surface area contributed by atoms with E-state index >= 15 is 0 Å². The zero-order chi connectivity index (χ0) is 22.5. The van der Waals surface area contributed by atoms with E-state index in [2.05, 4.69) is 4.98 Å². The Morgan fingerprint density at radius 1 is 1.16 bits per heavy atom. The first kappa shape index (κ1) is 21.8. The van der Waals surface area contributed by atoms with E-state index in [0.717, 1.165) is 10.5 Å². The van der Waals surface area contributed by atoms with Gasteiger partial charge >= 0.3 is 5.69 Å². The molecule has 0 saturated carbocycles. The zero-order valence-corrected chi connectivity index (χ0v) is 17.2. The number of carbonyl (C=O) groups is 1. The molecule has 0 fully saturated rings. The first-order valence-electron chi connectivity index (χ1n) is 9.57. The topological polar surface area (TPSA) is 110 Å². The van der Waals surface area contributed by atoms with Crippen molar-refractivity contribution in [2.24, 2.45) is 0 Å². The molecule has 0 aliphatic carbocycles. The van der Waals surface area contributed by atoms with Crippen LogP contribution in [0.1, 0.15) is 17.5 Å². The van der Waals surface area contributed by atoms with E-state index in [-0.39, 0.29) is 36.6 Å². The molecule has 162 valence electrons. The number of nitrogens with one attached hydrogen (secondary N) is 1. The van der Waals surface area contributed by atoms with Gasteiger partial charge in [0.05, 0.1) is 13.7 Å². The molecule has 9 heteroatoms. The third-order valence-corrected chi connectivity index (χ3v) is 4.95. The number of ether oxygens (including phenoxy) is 1. The number of nitrogen functional groups attached to an aromatic ring is 1. The van der Waals surface area contributed by atoms with Crippen LogP contribution < -0.4 is 26.6 Å². The van der Waals surface area contributed by atoms with Crippen LogP contribution in [0.5, 0.6) is 5.75 Å². The van der Waals surface area contributed by atoms with Gasteiger partial charge in [-0.05, 0) is 29.7 Å². The van der Waals surface area contributed by atoms with Crippen LogP contribution in [0.2, 0.25) is 0 Å². The highest BCUT2D eigenvalue weighted by Crippen LogP contribution is 2.20. The normalized spacial score (nSPS) is 10.7. The highest BCUT2D eigenvalue weighted by atomic mass is 19.1. The smallest absolute Gasteiger partial charge is 0.330 e. The summed E-state index contributed by atoms with van der Waals surface area (Å²) in [6, 6.07) is 13.6. The lowest BCUT2D eigenvalue weighted by molar-refractivity contribution is -0.118. The van der Waals surface area contributed by atoms with Crippen molar-refractivity contribution in [3.05, 3.63) is 86.3 Å². The van der Waals surface area contributed by atoms with Crippen LogP contribution in [0.25, 0.3) is 0 Å². The van der Waals surface area contributed by atoms with E-state index in [0.29, 0.717) is 5.56 Å². The molecule has 3 N–H and O–H groups in total. The second-order valence-corrected chi connectivity index (χ2v) is 6.99. The van der Waals surface area contributed by atoms with Crippen molar-refractivity contribution in [1.82, 2.24) is 9.55 Å². The number of benzene rings is 2. The van der Waals surface area contributed by atoms with Gasteiger partial charge in [-0.3, -0.25) is 19.1 Å². The summed E-state index contributed by atoms with van der Waals surface area (Å²) in [6.07, 6.45) is 0.268. The molecule has 0 spiro atoms. The van der Waals surface area contributed by atoms with Crippen LogP contribution in [0, 0.1) is 5.82 Å². The van der Waals surface area contributed by atoms with Crippen molar-refractivity contribution >= 4 is 17.4 Å². The molecule has 2 aromatic carbocycles. The molecule has 31 heavy (non-hydrogen) atoms. The number of nitrogens with zero attached hydrogens (tertiary/aromatic N) is 2. The number of halogens is 1. The van der Waals surface area contributed by atoms with E-state index in [1.165, 1.54) is 30.9 Å². The predicted octanol–water partition coefficient (Wildman–Crippen LogP) is 1.91. The molecule has 8 nitrogen and oxygen atoms in total. The molecule has 0 saturated heterocycles. The van der Waals surface area contributed by atoms with Crippen molar-refractivity contribution in [3.63, 3.8) is 0 Å². The van der Waals surface area contributed by atoms with Crippen molar-refractivity contribution < 1.29 is 13.9 Å².